The van der Waals surface area contributed by atoms with Gasteiger partial charge < -0.3 is 9.13 Å². The molecule has 0 saturated heterocycles. The summed E-state index contributed by atoms with van der Waals surface area (Å²) < 4.78 is 4.18. The van der Waals surface area contributed by atoms with E-state index in [0.717, 1.165) is 25.2 Å². The SMILES string of the molecule is CCc1nccn1C.CCc1nccn1CC. The fraction of sp³-hybridized carbons (Fsp3) is 0.538. The highest BCUT2D eigenvalue weighted by molar-refractivity contribution is 4.90. The predicted octanol–water partition coefficient (Wildman–Crippen LogP) is 2.45. The Kier molecular flexibility index (Phi) is 5.46. The van der Waals surface area contributed by atoms with Crippen LogP contribution in [0.25, 0.3) is 0 Å². The molecule has 4 heteroatoms. The van der Waals surface area contributed by atoms with E-state index in [0.29, 0.717) is 0 Å². The van der Waals surface area contributed by atoms with Crippen molar-refractivity contribution in [2.24, 2.45) is 7.05 Å². The van der Waals surface area contributed by atoms with Crippen LogP contribution in [0.1, 0.15) is 32.4 Å². The third-order valence-corrected chi connectivity index (χ3v) is 2.70. The second-order valence-electron chi connectivity index (χ2n) is 3.79. The lowest BCUT2D eigenvalue weighted by molar-refractivity contribution is 0.705. The first kappa shape index (κ1) is 13.5. The number of aromatic nitrogens is 4. The van der Waals surface area contributed by atoms with Gasteiger partial charge in [0.2, 0.25) is 0 Å². The van der Waals surface area contributed by atoms with Crippen molar-refractivity contribution in [3.05, 3.63) is 36.4 Å². The molecule has 0 amide bonds. The average molecular weight is 234 g/mol. The van der Waals surface area contributed by atoms with Crippen LogP contribution in [0.3, 0.4) is 0 Å². The minimum atomic E-state index is 1.02. The van der Waals surface area contributed by atoms with Gasteiger partial charge in [-0.25, -0.2) is 9.97 Å². The third kappa shape index (κ3) is 3.73. The van der Waals surface area contributed by atoms with Crippen LogP contribution in [-0.4, -0.2) is 19.1 Å². The van der Waals surface area contributed by atoms with Crippen molar-refractivity contribution in [1.29, 1.82) is 0 Å². The molecule has 2 aromatic rings. The molecule has 0 saturated carbocycles. The van der Waals surface area contributed by atoms with Gasteiger partial charge in [-0.15, -0.1) is 0 Å². The highest BCUT2D eigenvalue weighted by Gasteiger charge is 1.94. The maximum absolute atomic E-state index is 4.17. The van der Waals surface area contributed by atoms with Crippen molar-refractivity contribution in [3.63, 3.8) is 0 Å². The maximum atomic E-state index is 4.17. The number of nitrogens with zero attached hydrogens (tertiary/aromatic N) is 4. The molecule has 0 aliphatic heterocycles. The lowest BCUT2D eigenvalue weighted by Crippen LogP contribution is -1.98. The average Bonchev–Trinajstić information content (AvgIpc) is 2.97. The van der Waals surface area contributed by atoms with E-state index in [4.69, 9.17) is 0 Å². The van der Waals surface area contributed by atoms with Gasteiger partial charge >= 0.3 is 0 Å². The zero-order valence-electron chi connectivity index (χ0n) is 11.2. The van der Waals surface area contributed by atoms with E-state index in [-0.39, 0.29) is 0 Å². The summed E-state index contributed by atoms with van der Waals surface area (Å²) in [5, 5.41) is 0. The number of hydrogen-bond acceptors (Lipinski definition) is 2. The number of rotatable bonds is 3. The molecule has 2 rings (SSSR count). The van der Waals surface area contributed by atoms with Crippen LogP contribution in [0, 0.1) is 0 Å². The van der Waals surface area contributed by atoms with E-state index >= 15 is 0 Å². The van der Waals surface area contributed by atoms with Crippen molar-refractivity contribution >= 4 is 0 Å². The zero-order valence-corrected chi connectivity index (χ0v) is 11.2. The summed E-state index contributed by atoms with van der Waals surface area (Å²) in [5.41, 5.74) is 0. The van der Waals surface area contributed by atoms with E-state index in [1.807, 2.05) is 36.4 Å². The fourth-order valence-electron chi connectivity index (χ4n) is 1.68. The molecule has 0 atom stereocenters. The van der Waals surface area contributed by atoms with E-state index in [1.54, 1.807) is 0 Å². The van der Waals surface area contributed by atoms with Gasteiger partial charge in [-0.05, 0) is 6.92 Å². The molecule has 0 aliphatic rings. The van der Waals surface area contributed by atoms with Crippen molar-refractivity contribution in [2.75, 3.05) is 0 Å². The first-order valence-corrected chi connectivity index (χ1v) is 6.19. The van der Waals surface area contributed by atoms with Crippen LogP contribution >= 0.6 is 0 Å². The molecular formula is C13H22N4. The Balaban J connectivity index is 0.000000171. The first-order valence-electron chi connectivity index (χ1n) is 6.19. The second-order valence-corrected chi connectivity index (χ2v) is 3.79. The fourth-order valence-corrected chi connectivity index (χ4v) is 1.68. The van der Waals surface area contributed by atoms with Gasteiger partial charge in [-0.2, -0.15) is 0 Å². The first-order chi connectivity index (χ1) is 8.22. The third-order valence-electron chi connectivity index (χ3n) is 2.70. The molecular weight excluding hydrogens is 212 g/mol. The maximum Gasteiger partial charge on any atom is 0.108 e. The Morgan fingerprint density at radius 2 is 1.53 bits per heavy atom. The number of hydrogen-bond donors (Lipinski definition) is 0. The predicted molar refractivity (Wildman–Crippen MR) is 69.9 cm³/mol. The molecule has 0 bridgehead atoms. The summed E-state index contributed by atoms with van der Waals surface area (Å²) >= 11 is 0. The Hall–Kier alpha value is -1.58. The van der Waals surface area contributed by atoms with Crippen molar-refractivity contribution in [3.8, 4) is 0 Å². The molecule has 17 heavy (non-hydrogen) atoms. The van der Waals surface area contributed by atoms with Gasteiger partial charge in [0.25, 0.3) is 0 Å². The molecule has 2 aromatic heterocycles. The molecule has 0 spiro atoms. The van der Waals surface area contributed by atoms with Gasteiger partial charge in [0.05, 0.1) is 0 Å². The molecule has 0 aromatic carbocycles. The zero-order chi connectivity index (χ0) is 12.7. The Labute approximate surface area is 103 Å². The Bertz CT molecular complexity index is 410. The van der Waals surface area contributed by atoms with E-state index < -0.39 is 0 Å². The van der Waals surface area contributed by atoms with E-state index in [1.165, 1.54) is 5.82 Å². The van der Waals surface area contributed by atoms with Crippen LogP contribution in [0.5, 0.6) is 0 Å². The van der Waals surface area contributed by atoms with Crippen LogP contribution in [-0.2, 0) is 26.4 Å². The topological polar surface area (TPSA) is 35.6 Å². The summed E-state index contributed by atoms with van der Waals surface area (Å²) in [6.45, 7) is 7.38. The molecule has 0 aliphatic carbocycles. The molecule has 0 unspecified atom stereocenters. The van der Waals surface area contributed by atoms with Gasteiger partial charge in [0, 0.05) is 51.2 Å². The lowest BCUT2D eigenvalue weighted by Gasteiger charge is -1.98. The summed E-state index contributed by atoms with van der Waals surface area (Å²) in [6.07, 6.45) is 9.68. The summed E-state index contributed by atoms with van der Waals surface area (Å²) in [7, 11) is 2.01. The minimum Gasteiger partial charge on any atom is -0.338 e. The molecule has 0 radical (unpaired) electrons. The van der Waals surface area contributed by atoms with Crippen LogP contribution < -0.4 is 0 Å². The van der Waals surface area contributed by atoms with Crippen LogP contribution in [0.15, 0.2) is 24.8 Å². The molecule has 4 nitrogen and oxygen atoms in total. The van der Waals surface area contributed by atoms with Gasteiger partial charge in [0.15, 0.2) is 0 Å². The summed E-state index contributed by atoms with van der Waals surface area (Å²) in [5.74, 6) is 2.32. The highest BCUT2D eigenvalue weighted by Crippen LogP contribution is 1.96. The summed E-state index contributed by atoms with van der Waals surface area (Å²) in [4.78, 5) is 8.27. The monoisotopic (exact) mass is 234 g/mol. The number of imidazole rings is 2. The largest absolute Gasteiger partial charge is 0.338 e. The van der Waals surface area contributed by atoms with Crippen LogP contribution in [0.4, 0.5) is 0 Å². The minimum absolute atomic E-state index is 1.02. The molecule has 0 fully saturated rings. The number of aryl methyl sites for hydroxylation is 4. The van der Waals surface area contributed by atoms with Crippen molar-refractivity contribution in [2.45, 2.75) is 40.2 Å². The van der Waals surface area contributed by atoms with Gasteiger partial charge in [-0.1, -0.05) is 13.8 Å². The Morgan fingerprint density at radius 3 is 1.88 bits per heavy atom. The second kappa shape index (κ2) is 6.89. The van der Waals surface area contributed by atoms with Crippen molar-refractivity contribution in [1.82, 2.24) is 19.1 Å². The quantitative estimate of drug-likeness (QED) is 0.817. The highest BCUT2D eigenvalue weighted by atomic mass is 15.0. The normalized spacial score (nSPS) is 9.88. The van der Waals surface area contributed by atoms with Crippen LogP contribution in [0.2, 0.25) is 0 Å². The smallest absolute Gasteiger partial charge is 0.108 e. The van der Waals surface area contributed by atoms with Crippen molar-refractivity contribution < 1.29 is 0 Å². The standard InChI is InChI=1S/C7H12N2.C6H10N2/c1-3-7-8-5-6-9(7)4-2;1-3-6-7-4-5-8(6)2/h5-6H,3-4H2,1-2H3;4-5H,3H2,1-2H3. The van der Waals surface area contributed by atoms with Gasteiger partial charge in [0.1, 0.15) is 11.6 Å². The lowest BCUT2D eigenvalue weighted by atomic mass is 10.4. The molecule has 94 valence electrons. The summed E-state index contributed by atoms with van der Waals surface area (Å²) in [6, 6.07) is 0. The van der Waals surface area contributed by atoms with Gasteiger partial charge in [-0.3, -0.25) is 0 Å². The van der Waals surface area contributed by atoms with E-state index in [2.05, 4.69) is 35.3 Å². The van der Waals surface area contributed by atoms with E-state index in [9.17, 15) is 0 Å². The molecule has 2 heterocycles. The molecule has 0 N–H and O–H groups in total. The Morgan fingerprint density at radius 1 is 0.941 bits per heavy atom.